The lowest BCUT2D eigenvalue weighted by molar-refractivity contribution is -0.153. The molecule has 4 rings (SSSR count). The summed E-state index contributed by atoms with van der Waals surface area (Å²) < 4.78 is 20.0. The van der Waals surface area contributed by atoms with Crippen molar-refractivity contribution in [3.8, 4) is 5.75 Å². The molecule has 3 heterocycles. The van der Waals surface area contributed by atoms with Crippen molar-refractivity contribution in [1.29, 1.82) is 0 Å². The Kier molecular flexibility index (Phi) is 10.7. The molecule has 2 aliphatic heterocycles. The van der Waals surface area contributed by atoms with E-state index < -0.39 is 40.9 Å². The number of fused-ring (bicyclic) bond motifs is 1. The molecule has 2 N–H and O–H groups in total. The lowest BCUT2D eigenvalue weighted by atomic mass is 10.0. The smallest absolute Gasteiger partial charge is 0.414 e. The Hall–Kier alpha value is -3.89. The predicted molar refractivity (Wildman–Crippen MR) is 163 cm³/mol. The van der Waals surface area contributed by atoms with E-state index in [2.05, 4.69) is 25.1 Å². The molecule has 2 aliphatic rings. The largest absolute Gasteiger partial charge is 0.497 e. The molecular formula is C27H31ClN6O8S2. The van der Waals surface area contributed by atoms with Crippen molar-refractivity contribution in [3.63, 3.8) is 0 Å². The first-order chi connectivity index (χ1) is 20.9. The number of nitrogens with zero attached hydrogens (tertiary/aromatic N) is 4. The highest BCUT2D eigenvalue weighted by molar-refractivity contribution is 8.00. The molecule has 0 saturated carbocycles. The number of amides is 3. The van der Waals surface area contributed by atoms with Gasteiger partial charge in [0.15, 0.2) is 0 Å². The molecular weight excluding hydrogens is 636 g/mol. The van der Waals surface area contributed by atoms with Crippen LogP contribution in [0, 0.1) is 0 Å². The lowest BCUT2D eigenvalue weighted by Gasteiger charge is -2.49. The van der Waals surface area contributed by atoms with Gasteiger partial charge in [0.2, 0.25) is 16.7 Å². The van der Waals surface area contributed by atoms with E-state index >= 15 is 0 Å². The van der Waals surface area contributed by atoms with Crippen molar-refractivity contribution in [2.75, 3.05) is 30.7 Å². The number of halogens is 1. The van der Waals surface area contributed by atoms with E-state index in [0.29, 0.717) is 17.1 Å². The summed E-state index contributed by atoms with van der Waals surface area (Å²) in [5.41, 5.74) is 0.307. The Morgan fingerprint density at radius 1 is 1.20 bits per heavy atom. The van der Waals surface area contributed by atoms with Gasteiger partial charge in [-0.05, 0) is 51.0 Å². The minimum absolute atomic E-state index is 0.0216. The van der Waals surface area contributed by atoms with Crippen LogP contribution in [0.2, 0.25) is 0 Å². The number of carbonyl (C=O) groups excluding carboxylic acids is 4. The lowest BCUT2D eigenvalue weighted by Crippen LogP contribution is -2.71. The van der Waals surface area contributed by atoms with E-state index in [1.165, 1.54) is 16.7 Å². The van der Waals surface area contributed by atoms with Gasteiger partial charge in [0.1, 0.15) is 41.7 Å². The van der Waals surface area contributed by atoms with Crippen LogP contribution in [-0.2, 0) is 35.3 Å². The summed E-state index contributed by atoms with van der Waals surface area (Å²) >= 11 is 8.27. The molecule has 2 unspecified atom stereocenters. The number of nitrogens with one attached hydrogen (secondary N) is 2. The highest BCUT2D eigenvalue weighted by Crippen LogP contribution is 2.41. The van der Waals surface area contributed by atoms with Crippen molar-refractivity contribution in [2.45, 2.75) is 51.3 Å². The van der Waals surface area contributed by atoms with E-state index in [9.17, 15) is 19.2 Å². The molecule has 44 heavy (non-hydrogen) atoms. The van der Waals surface area contributed by atoms with E-state index in [4.69, 9.17) is 30.6 Å². The minimum Gasteiger partial charge on any atom is -0.497 e. The average molecular weight is 667 g/mol. The molecule has 0 spiro atoms. The molecule has 1 fully saturated rings. The predicted octanol–water partition coefficient (Wildman–Crippen LogP) is 3.27. The minimum atomic E-state index is -0.987. The third-order valence-electron chi connectivity index (χ3n) is 5.96. The Balaban J connectivity index is 1.44. The van der Waals surface area contributed by atoms with Crippen LogP contribution in [0.3, 0.4) is 0 Å². The fraction of sp³-hybridized carbons (Fsp3) is 0.444. The Morgan fingerprint density at radius 3 is 2.57 bits per heavy atom. The molecule has 2 aromatic rings. The van der Waals surface area contributed by atoms with Gasteiger partial charge in [-0.3, -0.25) is 19.8 Å². The van der Waals surface area contributed by atoms with Crippen LogP contribution in [0.25, 0.3) is 0 Å². The first-order valence-corrected chi connectivity index (χ1v) is 15.7. The summed E-state index contributed by atoms with van der Waals surface area (Å²) in [6, 6.07) is 6.03. The van der Waals surface area contributed by atoms with E-state index in [1.54, 1.807) is 59.1 Å². The maximum absolute atomic E-state index is 13.3. The number of methoxy groups -OCH3 is 1. The van der Waals surface area contributed by atoms with Crippen LogP contribution in [0.4, 0.5) is 9.93 Å². The number of β-lactam (4-membered cyclic amide) rings is 1. The number of ether oxygens (including phenoxy) is 3. The quantitative estimate of drug-likeness (QED) is 0.119. The van der Waals surface area contributed by atoms with Gasteiger partial charge >= 0.3 is 12.1 Å². The number of anilines is 1. The molecule has 14 nitrogen and oxygen atoms in total. The molecule has 1 saturated heterocycles. The van der Waals surface area contributed by atoms with Crippen molar-refractivity contribution < 1.29 is 38.2 Å². The summed E-state index contributed by atoms with van der Waals surface area (Å²) in [5, 5.41) is 8.41. The van der Waals surface area contributed by atoms with Crippen LogP contribution >= 0.6 is 34.9 Å². The number of benzene rings is 1. The van der Waals surface area contributed by atoms with Gasteiger partial charge in [0.25, 0.3) is 11.8 Å². The van der Waals surface area contributed by atoms with Crippen molar-refractivity contribution in [3.05, 3.63) is 46.9 Å². The van der Waals surface area contributed by atoms with Crippen molar-refractivity contribution >= 4 is 69.6 Å². The van der Waals surface area contributed by atoms with E-state index in [1.807, 2.05) is 0 Å². The number of hydrogen-bond acceptors (Lipinski definition) is 13. The SMILES string of the molecule is CCON=C(C(=O)NC1C(=O)N2C(C(=O)OCc3ccc(OC)cc3)=C(CCl)CSC12)c1nsc(NC(=O)OC(C)(C)C)n1. The zero-order chi connectivity index (χ0) is 32.0. The van der Waals surface area contributed by atoms with Gasteiger partial charge in [-0.15, -0.1) is 23.4 Å². The molecule has 2 atom stereocenters. The molecule has 17 heteroatoms. The standard InChI is InChI=1S/C27H31ClN6O8S2/c1-6-41-32-17(20-30-25(44-33-20)31-26(38)42-27(2,3)4)21(35)29-18-22(36)34-19(15(11-28)13-43-23(18)34)24(37)40-12-14-7-9-16(39-5)10-8-14/h7-10,18,23H,6,11-13H2,1-5H3,(H,29,35)(H,30,31,33,38). The van der Waals surface area contributed by atoms with Gasteiger partial charge < -0.3 is 24.4 Å². The molecule has 236 valence electrons. The van der Waals surface area contributed by atoms with Crippen molar-refractivity contribution in [1.82, 2.24) is 19.6 Å². The molecule has 0 bridgehead atoms. The van der Waals surface area contributed by atoms with Gasteiger partial charge in [-0.2, -0.15) is 9.36 Å². The van der Waals surface area contributed by atoms with E-state index in [-0.39, 0.29) is 41.5 Å². The third-order valence-corrected chi connectivity index (χ3v) is 8.26. The zero-order valence-corrected chi connectivity index (χ0v) is 26.9. The van der Waals surface area contributed by atoms with Gasteiger partial charge in [-0.1, -0.05) is 17.3 Å². The second-order valence-electron chi connectivity index (χ2n) is 10.3. The van der Waals surface area contributed by atoms with Crippen LogP contribution in [0.5, 0.6) is 5.75 Å². The fourth-order valence-electron chi connectivity index (χ4n) is 4.00. The number of hydrogen-bond donors (Lipinski definition) is 2. The molecule has 1 aromatic heterocycles. The van der Waals surface area contributed by atoms with Gasteiger partial charge in [0.05, 0.1) is 7.11 Å². The maximum atomic E-state index is 13.3. The number of carbonyl (C=O) groups is 4. The number of oxime groups is 1. The average Bonchev–Trinajstić information content (AvgIpc) is 3.44. The highest BCUT2D eigenvalue weighted by atomic mass is 35.5. The van der Waals surface area contributed by atoms with Gasteiger partial charge in [0, 0.05) is 23.2 Å². The van der Waals surface area contributed by atoms with Crippen LogP contribution < -0.4 is 15.4 Å². The zero-order valence-electron chi connectivity index (χ0n) is 24.5. The first kappa shape index (κ1) is 33.0. The second-order valence-corrected chi connectivity index (χ2v) is 12.4. The van der Waals surface area contributed by atoms with E-state index in [0.717, 1.165) is 17.1 Å². The summed E-state index contributed by atoms with van der Waals surface area (Å²) in [4.78, 5) is 62.4. The Morgan fingerprint density at radius 2 is 1.93 bits per heavy atom. The highest BCUT2D eigenvalue weighted by Gasteiger charge is 2.54. The monoisotopic (exact) mass is 666 g/mol. The van der Waals surface area contributed by atoms with Gasteiger partial charge in [-0.25, -0.2) is 9.59 Å². The summed E-state index contributed by atoms with van der Waals surface area (Å²) in [5.74, 6) is -1.10. The molecule has 3 amide bonds. The van der Waals surface area contributed by atoms with Crippen molar-refractivity contribution in [2.24, 2.45) is 5.16 Å². The normalized spacial score (nSPS) is 18.2. The first-order valence-electron chi connectivity index (χ1n) is 13.3. The maximum Gasteiger partial charge on any atom is 0.414 e. The Labute approximate surface area is 266 Å². The van der Waals surface area contributed by atoms with Crippen LogP contribution in [0.15, 0.2) is 40.7 Å². The summed E-state index contributed by atoms with van der Waals surface area (Å²) in [6.07, 6.45) is -0.745. The molecule has 0 aliphatic carbocycles. The molecule has 1 aromatic carbocycles. The Bertz CT molecular complexity index is 1470. The summed E-state index contributed by atoms with van der Waals surface area (Å²) in [6.45, 7) is 6.93. The fourth-order valence-corrected chi connectivity index (χ4v) is 6.23. The number of thioether (sulfide) groups is 1. The number of esters is 1. The van der Waals surface area contributed by atoms with Crippen LogP contribution in [-0.4, -0.2) is 86.2 Å². The number of alkyl halides is 1. The third kappa shape index (κ3) is 7.78. The van der Waals surface area contributed by atoms with Crippen LogP contribution in [0.1, 0.15) is 39.1 Å². The molecule has 0 radical (unpaired) electrons. The number of aromatic nitrogens is 2. The summed E-state index contributed by atoms with van der Waals surface area (Å²) in [7, 11) is 1.55. The topological polar surface area (TPSA) is 171 Å². The number of rotatable bonds is 11. The second kappa shape index (κ2) is 14.3.